The van der Waals surface area contributed by atoms with Gasteiger partial charge >= 0.3 is 0 Å². The molecule has 0 spiro atoms. The van der Waals surface area contributed by atoms with Gasteiger partial charge in [-0.15, -0.1) is 0 Å². The third-order valence-corrected chi connectivity index (χ3v) is 3.36. The third-order valence-electron chi connectivity index (χ3n) is 3.36. The molecule has 3 nitrogen and oxygen atoms in total. The van der Waals surface area contributed by atoms with Crippen molar-refractivity contribution in [2.75, 3.05) is 0 Å². The molecule has 0 bridgehead atoms. The number of hydrogen-bond acceptors (Lipinski definition) is 3. The van der Waals surface area contributed by atoms with Gasteiger partial charge in [-0.05, 0) is 26.7 Å². The summed E-state index contributed by atoms with van der Waals surface area (Å²) in [4.78, 5) is 1.84. The highest BCUT2D eigenvalue weighted by atomic mass is 16.3. The van der Waals surface area contributed by atoms with Crippen LogP contribution in [0.1, 0.15) is 58.8 Å². The summed E-state index contributed by atoms with van der Waals surface area (Å²) in [7, 11) is 0. The molecule has 0 aromatic rings. The molecule has 0 aromatic carbocycles. The van der Waals surface area contributed by atoms with Gasteiger partial charge in [0.15, 0.2) is 0 Å². The van der Waals surface area contributed by atoms with E-state index in [1.165, 1.54) is 32.1 Å². The van der Waals surface area contributed by atoms with Gasteiger partial charge in [-0.2, -0.15) is 0 Å². The molecule has 15 heavy (non-hydrogen) atoms. The lowest BCUT2D eigenvalue weighted by Crippen LogP contribution is -2.47. The molecule has 90 valence electrons. The number of rotatable bonds is 3. The summed E-state index contributed by atoms with van der Waals surface area (Å²) in [5.74, 6) is 0. The minimum Gasteiger partial charge on any atom is -0.379 e. The third kappa shape index (κ3) is 4.09. The summed E-state index contributed by atoms with van der Waals surface area (Å²) in [5.41, 5.74) is 0. The molecule has 1 aliphatic carbocycles. The second-order valence-corrected chi connectivity index (χ2v) is 4.71. The molecule has 0 amide bonds. The maximum absolute atomic E-state index is 9.66. The monoisotopic (exact) mass is 215 g/mol. The molecule has 1 saturated carbocycles. The van der Waals surface area contributed by atoms with Crippen molar-refractivity contribution < 1.29 is 10.2 Å². The van der Waals surface area contributed by atoms with Crippen LogP contribution in [0.4, 0.5) is 0 Å². The lowest BCUT2D eigenvalue weighted by atomic mass is 9.95. The minimum atomic E-state index is -0.547. The zero-order valence-electron chi connectivity index (χ0n) is 10.0. The Hall–Kier alpha value is -0.120. The molecular formula is C12H25NO2. The zero-order chi connectivity index (χ0) is 11.3. The van der Waals surface area contributed by atoms with Crippen molar-refractivity contribution in [3.63, 3.8) is 0 Å². The van der Waals surface area contributed by atoms with Crippen LogP contribution in [0.5, 0.6) is 0 Å². The first-order chi connectivity index (χ1) is 7.13. The van der Waals surface area contributed by atoms with E-state index >= 15 is 0 Å². The van der Waals surface area contributed by atoms with E-state index in [1.807, 2.05) is 4.90 Å². The molecule has 1 rings (SSSR count). The fraction of sp³-hybridized carbons (Fsp3) is 1.00. The fourth-order valence-corrected chi connectivity index (χ4v) is 2.66. The molecule has 1 aliphatic rings. The molecule has 0 aliphatic heterocycles. The van der Waals surface area contributed by atoms with Crippen LogP contribution in [0, 0.1) is 0 Å². The summed E-state index contributed by atoms with van der Waals surface area (Å²) in [6, 6.07) is 0.352. The van der Waals surface area contributed by atoms with E-state index in [4.69, 9.17) is 0 Å². The highest BCUT2D eigenvalue weighted by molar-refractivity contribution is 4.75. The van der Waals surface area contributed by atoms with Crippen molar-refractivity contribution in [3.05, 3.63) is 0 Å². The molecule has 0 radical (unpaired) electrons. The molecule has 2 atom stereocenters. The average Bonchev–Trinajstić information content (AvgIpc) is 2.07. The molecule has 0 saturated heterocycles. The van der Waals surface area contributed by atoms with Gasteiger partial charge in [0.1, 0.15) is 12.5 Å². The molecule has 3 heteroatoms. The Balaban J connectivity index is 2.55. The summed E-state index contributed by atoms with van der Waals surface area (Å²) < 4.78 is 0. The quantitative estimate of drug-likeness (QED) is 0.708. The van der Waals surface area contributed by atoms with E-state index in [0.717, 1.165) is 12.8 Å². The van der Waals surface area contributed by atoms with Crippen LogP contribution in [0.15, 0.2) is 0 Å². The second kappa shape index (κ2) is 6.46. The highest BCUT2D eigenvalue weighted by Gasteiger charge is 2.25. The van der Waals surface area contributed by atoms with E-state index in [2.05, 4.69) is 0 Å². The summed E-state index contributed by atoms with van der Waals surface area (Å²) in [5, 5.41) is 19.3. The standard InChI is InChI=1S/C12H25NO2/c1-10(14)13(11(2)15)12-8-6-4-3-5-7-9-12/h10-12,14-15H,3-9H2,1-2H3. The van der Waals surface area contributed by atoms with Gasteiger partial charge in [0.2, 0.25) is 0 Å². The fourth-order valence-electron chi connectivity index (χ4n) is 2.66. The van der Waals surface area contributed by atoms with E-state index in [0.29, 0.717) is 6.04 Å². The Morgan fingerprint density at radius 3 is 1.67 bits per heavy atom. The number of aliphatic hydroxyl groups is 2. The smallest absolute Gasteiger partial charge is 0.106 e. The summed E-state index contributed by atoms with van der Waals surface area (Å²) in [6.07, 6.45) is 7.50. The maximum Gasteiger partial charge on any atom is 0.106 e. The number of aliphatic hydroxyl groups excluding tert-OH is 2. The van der Waals surface area contributed by atoms with Gasteiger partial charge in [-0.3, -0.25) is 4.90 Å². The van der Waals surface area contributed by atoms with Crippen molar-refractivity contribution in [2.45, 2.75) is 77.3 Å². The summed E-state index contributed by atoms with van der Waals surface area (Å²) in [6.45, 7) is 3.48. The zero-order valence-corrected chi connectivity index (χ0v) is 10.0. The Morgan fingerprint density at radius 1 is 0.867 bits per heavy atom. The molecular weight excluding hydrogens is 190 g/mol. The van der Waals surface area contributed by atoms with Gasteiger partial charge in [0.25, 0.3) is 0 Å². The van der Waals surface area contributed by atoms with Crippen molar-refractivity contribution >= 4 is 0 Å². The number of hydrogen-bond donors (Lipinski definition) is 2. The predicted molar refractivity (Wildman–Crippen MR) is 61.3 cm³/mol. The van der Waals surface area contributed by atoms with E-state index in [9.17, 15) is 10.2 Å². The minimum absolute atomic E-state index is 0.352. The normalized spacial score (nSPS) is 24.6. The van der Waals surface area contributed by atoms with Crippen LogP contribution in [0.25, 0.3) is 0 Å². The van der Waals surface area contributed by atoms with Gasteiger partial charge in [0.05, 0.1) is 0 Å². The van der Waals surface area contributed by atoms with Gasteiger partial charge in [-0.25, -0.2) is 0 Å². The lowest BCUT2D eigenvalue weighted by Gasteiger charge is -2.37. The first-order valence-corrected chi connectivity index (χ1v) is 6.26. The highest BCUT2D eigenvalue weighted by Crippen LogP contribution is 2.23. The Morgan fingerprint density at radius 2 is 1.27 bits per heavy atom. The van der Waals surface area contributed by atoms with Crippen LogP contribution in [0.2, 0.25) is 0 Å². The van der Waals surface area contributed by atoms with Crippen molar-refractivity contribution in [2.24, 2.45) is 0 Å². The molecule has 2 unspecified atom stereocenters. The predicted octanol–water partition coefficient (Wildman–Crippen LogP) is 2.08. The van der Waals surface area contributed by atoms with Crippen molar-refractivity contribution in [1.82, 2.24) is 4.90 Å². The second-order valence-electron chi connectivity index (χ2n) is 4.71. The molecule has 0 heterocycles. The van der Waals surface area contributed by atoms with Gasteiger partial charge in [-0.1, -0.05) is 32.1 Å². The molecule has 1 fully saturated rings. The van der Waals surface area contributed by atoms with E-state index in [-0.39, 0.29) is 0 Å². The Bertz CT molecular complexity index is 155. The molecule has 0 aromatic heterocycles. The van der Waals surface area contributed by atoms with Crippen molar-refractivity contribution in [1.29, 1.82) is 0 Å². The molecule has 2 N–H and O–H groups in total. The summed E-state index contributed by atoms with van der Waals surface area (Å²) >= 11 is 0. The number of nitrogens with zero attached hydrogens (tertiary/aromatic N) is 1. The lowest BCUT2D eigenvalue weighted by molar-refractivity contribution is -0.113. The largest absolute Gasteiger partial charge is 0.379 e. The SMILES string of the molecule is CC(O)N(C(C)O)C1CCCCCCC1. The first-order valence-electron chi connectivity index (χ1n) is 6.26. The van der Waals surface area contributed by atoms with Gasteiger partial charge < -0.3 is 10.2 Å². The van der Waals surface area contributed by atoms with Gasteiger partial charge in [0, 0.05) is 6.04 Å². The van der Waals surface area contributed by atoms with E-state index in [1.54, 1.807) is 13.8 Å². The maximum atomic E-state index is 9.66. The van der Waals surface area contributed by atoms with Crippen LogP contribution in [-0.2, 0) is 0 Å². The average molecular weight is 215 g/mol. The Kier molecular flexibility index (Phi) is 5.58. The topological polar surface area (TPSA) is 43.7 Å². The van der Waals surface area contributed by atoms with Crippen molar-refractivity contribution in [3.8, 4) is 0 Å². The van der Waals surface area contributed by atoms with Crippen LogP contribution in [-0.4, -0.2) is 33.6 Å². The van der Waals surface area contributed by atoms with Crippen LogP contribution >= 0.6 is 0 Å². The van der Waals surface area contributed by atoms with Crippen LogP contribution < -0.4 is 0 Å². The Labute approximate surface area is 93.1 Å². The van der Waals surface area contributed by atoms with E-state index < -0.39 is 12.5 Å². The first kappa shape index (κ1) is 12.9. The van der Waals surface area contributed by atoms with Crippen LogP contribution in [0.3, 0.4) is 0 Å².